The number of carbonyl (C=O) groups excluding carboxylic acids is 1. The molecule has 128 valence electrons. The number of thioether (sulfide) groups is 1. The van der Waals surface area contributed by atoms with E-state index in [-0.39, 0.29) is 5.91 Å². The van der Waals surface area contributed by atoms with E-state index in [1.165, 1.54) is 11.8 Å². The lowest BCUT2D eigenvalue weighted by Crippen LogP contribution is -2.45. The number of nitrogens with one attached hydrogen (secondary N) is 1. The topological polar surface area (TPSA) is 58.1 Å². The molecule has 0 saturated carbocycles. The van der Waals surface area contributed by atoms with E-state index in [1.54, 1.807) is 0 Å². The van der Waals surface area contributed by atoms with Crippen LogP contribution in [-0.2, 0) is 4.79 Å². The summed E-state index contributed by atoms with van der Waals surface area (Å²) in [6.45, 7) is 7.31. The summed E-state index contributed by atoms with van der Waals surface area (Å²) in [4.78, 5) is 23.6. The number of rotatable bonds is 5. The highest BCUT2D eigenvalue weighted by molar-refractivity contribution is 8.00. The first-order chi connectivity index (χ1) is 11.7. The van der Waals surface area contributed by atoms with Crippen LogP contribution in [0.2, 0.25) is 0 Å². The van der Waals surface area contributed by atoms with Crippen molar-refractivity contribution in [1.29, 1.82) is 0 Å². The van der Waals surface area contributed by atoms with Crippen molar-refractivity contribution in [3.63, 3.8) is 0 Å². The molecule has 1 aliphatic rings. The SMILES string of the molecule is CCN1CCC(NC(=O)CSc2nc(C)nc3ccccc23)CC1. The highest BCUT2D eigenvalue weighted by atomic mass is 32.2. The van der Waals surface area contributed by atoms with Gasteiger partial charge in [-0.25, -0.2) is 9.97 Å². The number of benzene rings is 1. The first-order valence-electron chi connectivity index (χ1n) is 8.53. The smallest absolute Gasteiger partial charge is 0.230 e. The van der Waals surface area contributed by atoms with Crippen molar-refractivity contribution in [2.24, 2.45) is 0 Å². The third-order valence-electron chi connectivity index (χ3n) is 4.42. The van der Waals surface area contributed by atoms with Crippen LogP contribution in [0.5, 0.6) is 0 Å². The molecule has 0 spiro atoms. The van der Waals surface area contributed by atoms with Gasteiger partial charge in [0.1, 0.15) is 10.9 Å². The second kappa shape index (κ2) is 7.94. The Morgan fingerprint density at radius 3 is 2.79 bits per heavy atom. The standard InChI is InChI=1S/C18H24N4OS/c1-3-22-10-8-14(9-11-22)21-17(23)12-24-18-15-6-4-5-7-16(15)19-13(2)20-18/h4-7,14H,3,8-12H2,1-2H3,(H,21,23). The second-order valence-electron chi connectivity index (χ2n) is 6.16. The lowest BCUT2D eigenvalue weighted by Gasteiger charge is -2.31. The van der Waals surface area contributed by atoms with E-state index >= 15 is 0 Å². The van der Waals surface area contributed by atoms with Crippen molar-refractivity contribution >= 4 is 28.6 Å². The minimum absolute atomic E-state index is 0.0929. The number of hydrogen-bond acceptors (Lipinski definition) is 5. The maximum absolute atomic E-state index is 12.3. The number of hydrogen-bond donors (Lipinski definition) is 1. The Morgan fingerprint density at radius 2 is 2.04 bits per heavy atom. The molecule has 1 N–H and O–H groups in total. The molecule has 0 atom stereocenters. The number of amides is 1. The van der Waals surface area contributed by atoms with E-state index in [9.17, 15) is 4.79 Å². The summed E-state index contributed by atoms with van der Waals surface area (Å²) in [6.07, 6.45) is 2.08. The van der Waals surface area contributed by atoms with Crippen LogP contribution in [0.4, 0.5) is 0 Å². The van der Waals surface area contributed by atoms with Crippen LogP contribution >= 0.6 is 11.8 Å². The monoisotopic (exact) mass is 344 g/mol. The molecule has 0 bridgehead atoms. The van der Waals surface area contributed by atoms with E-state index in [0.717, 1.165) is 54.2 Å². The van der Waals surface area contributed by atoms with Gasteiger partial charge in [0.2, 0.25) is 5.91 Å². The molecule has 3 rings (SSSR count). The predicted octanol–water partition coefficient (Wildman–Crippen LogP) is 2.63. The molecule has 5 nitrogen and oxygen atoms in total. The van der Waals surface area contributed by atoms with Gasteiger partial charge >= 0.3 is 0 Å². The predicted molar refractivity (Wildman–Crippen MR) is 98.3 cm³/mol. The fourth-order valence-electron chi connectivity index (χ4n) is 3.07. The molecule has 1 aliphatic heterocycles. The molecule has 1 aromatic heterocycles. The minimum atomic E-state index is 0.0929. The van der Waals surface area contributed by atoms with Crippen LogP contribution < -0.4 is 5.32 Å². The number of para-hydroxylation sites is 1. The molecular weight excluding hydrogens is 320 g/mol. The Morgan fingerprint density at radius 1 is 1.29 bits per heavy atom. The van der Waals surface area contributed by atoms with Crippen LogP contribution in [-0.4, -0.2) is 52.2 Å². The summed E-state index contributed by atoms with van der Waals surface area (Å²) in [5.41, 5.74) is 0.930. The average molecular weight is 344 g/mol. The molecule has 1 amide bonds. The largest absolute Gasteiger partial charge is 0.353 e. The molecule has 0 aliphatic carbocycles. The second-order valence-corrected chi connectivity index (χ2v) is 7.12. The zero-order valence-corrected chi connectivity index (χ0v) is 15.1. The van der Waals surface area contributed by atoms with Crippen molar-refractivity contribution in [2.75, 3.05) is 25.4 Å². The lowest BCUT2D eigenvalue weighted by atomic mass is 10.1. The summed E-state index contributed by atoms with van der Waals surface area (Å²) >= 11 is 1.49. The number of carbonyl (C=O) groups is 1. The van der Waals surface area contributed by atoms with Gasteiger partial charge in [0.25, 0.3) is 0 Å². The van der Waals surface area contributed by atoms with Crippen molar-refractivity contribution in [1.82, 2.24) is 20.2 Å². The van der Waals surface area contributed by atoms with Gasteiger partial charge in [-0.05, 0) is 32.4 Å². The molecule has 24 heavy (non-hydrogen) atoms. The van der Waals surface area contributed by atoms with Gasteiger partial charge in [0, 0.05) is 24.5 Å². The van der Waals surface area contributed by atoms with Gasteiger partial charge in [-0.2, -0.15) is 0 Å². The average Bonchev–Trinajstić information content (AvgIpc) is 2.60. The molecule has 2 heterocycles. The number of aryl methyl sites for hydroxylation is 1. The Bertz CT molecular complexity index is 713. The molecule has 2 aromatic rings. The van der Waals surface area contributed by atoms with E-state index in [4.69, 9.17) is 0 Å². The molecule has 1 saturated heterocycles. The molecule has 0 unspecified atom stereocenters. The number of likely N-dealkylation sites (tertiary alicyclic amines) is 1. The maximum atomic E-state index is 12.3. The number of nitrogens with zero attached hydrogens (tertiary/aromatic N) is 3. The van der Waals surface area contributed by atoms with E-state index in [2.05, 4.69) is 27.1 Å². The fraction of sp³-hybridized carbons (Fsp3) is 0.500. The summed E-state index contributed by atoms with van der Waals surface area (Å²) in [5, 5.41) is 5.06. The van der Waals surface area contributed by atoms with Gasteiger partial charge in [-0.3, -0.25) is 4.79 Å². The highest BCUT2D eigenvalue weighted by Gasteiger charge is 2.19. The molecule has 6 heteroatoms. The van der Waals surface area contributed by atoms with E-state index < -0.39 is 0 Å². The van der Waals surface area contributed by atoms with Crippen molar-refractivity contribution in [2.45, 2.75) is 37.8 Å². The number of fused-ring (bicyclic) bond motifs is 1. The van der Waals surface area contributed by atoms with Crippen molar-refractivity contribution in [3.05, 3.63) is 30.1 Å². The first-order valence-corrected chi connectivity index (χ1v) is 9.52. The van der Waals surface area contributed by atoms with Gasteiger partial charge in [0.15, 0.2) is 0 Å². The molecule has 0 radical (unpaired) electrons. The maximum Gasteiger partial charge on any atom is 0.230 e. The van der Waals surface area contributed by atoms with Crippen molar-refractivity contribution < 1.29 is 4.79 Å². The summed E-state index contributed by atoms with van der Waals surface area (Å²) < 4.78 is 0. The number of piperidine rings is 1. The Hall–Kier alpha value is -1.66. The summed E-state index contributed by atoms with van der Waals surface area (Å²) in [7, 11) is 0. The zero-order valence-electron chi connectivity index (χ0n) is 14.3. The van der Waals surface area contributed by atoms with Crippen LogP contribution in [0.25, 0.3) is 10.9 Å². The molecule has 1 aromatic carbocycles. The van der Waals surface area contributed by atoms with Gasteiger partial charge in [-0.15, -0.1) is 0 Å². The van der Waals surface area contributed by atoms with Crippen LogP contribution in [0.3, 0.4) is 0 Å². The van der Waals surface area contributed by atoms with Gasteiger partial charge in [-0.1, -0.05) is 36.9 Å². The summed E-state index contributed by atoms with van der Waals surface area (Å²) in [5.74, 6) is 1.23. The highest BCUT2D eigenvalue weighted by Crippen LogP contribution is 2.25. The number of aromatic nitrogens is 2. The van der Waals surface area contributed by atoms with Crippen molar-refractivity contribution in [3.8, 4) is 0 Å². The van der Waals surface area contributed by atoms with E-state index in [0.29, 0.717) is 11.8 Å². The van der Waals surface area contributed by atoms with Crippen LogP contribution in [0, 0.1) is 6.92 Å². The Kier molecular flexibility index (Phi) is 5.68. The zero-order chi connectivity index (χ0) is 16.9. The van der Waals surface area contributed by atoms with Gasteiger partial charge in [0.05, 0.1) is 11.3 Å². The first kappa shape index (κ1) is 17.2. The Balaban J connectivity index is 1.57. The summed E-state index contributed by atoms with van der Waals surface area (Å²) in [6, 6.07) is 8.25. The van der Waals surface area contributed by atoms with Gasteiger partial charge < -0.3 is 10.2 Å². The molecule has 1 fully saturated rings. The lowest BCUT2D eigenvalue weighted by molar-refractivity contribution is -0.119. The third-order valence-corrected chi connectivity index (χ3v) is 5.41. The Labute approximate surface area is 147 Å². The quantitative estimate of drug-likeness (QED) is 0.667. The third kappa shape index (κ3) is 4.24. The fourth-order valence-corrected chi connectivity index (χ4v) is 3.94. The van der Waals surface area contributed by atoms with Crippen LogP contribution in [0.1, 0.15) is 25.6 Å². The minimum Gasteiger partial charge on any atom is -0.353 e. The van der Waals surface area contributed by atoms with E-state index in [1.807, 2.05) is 31.2 Å². The molecular formula is C18H24N4OS. The van der Waals surface area contributed by atoms with Crippen LogP contribution in [0.15, 0.2) is 29.3 Å². The normalized spacial score (nSPS) is 16.4.